The molecule has 0 saturated heterocycles. The summed E-state index contributed by atoms with van der Waals surface area (Å²) in [6, 6.07) is 0. The molecule has 2 N–H and O–H groups in total. The van der Waals surface area contributed by atoms with Crippen LogP contribution in [0.2, 0.25) is 0 Å². The second kappa shape index (κ2) is 7.72. The molecular weight excluding hydrogens is 186 g/mol. The molecule has 1 rings (SSSR count). The smallest absolute Gasteiger partial charge is 0.217 e. The second-order valence-electron chi connectivity index (χ2n) is 4.92. The second-order valence-corrected chi connectivity index (χ2v) is 4.92. The monoisotopic (exact) mass is 211 g/mol. The van der Waals surface area contributed by atoms with E-state index < -0.39 is 0 Å². The van der Waals surface area contributed by atoms with Gasteiger partial charge in [0.2, 0.25) is 5.91 Å². The summed E-state index contributed by atoms with van der Waals surface area (Å²) in [6.45, 7) is 0. The van der Waals surface area contributed by atoms with Crippen molar-refractivity contribution in [1.29, 1.82) is 0 Å². The van der Waals surface area contributed by atoms with Crippen molar-refractivity contribution in [3.05, 3.63) is 0 Å². The normalized spacial score (nSPS) is 19.5. The van der Waals surface area contributed by atoms with Crippen LogP contribution < -0.4 is 5.73 Å². The lowest BCUT2D eigenvalue weighted by molar-refractivity contribution is -0.118. The highest BCUT2D eigenvalue weighted by atomic mass is 16.1. The predicted octanol–water partition coefficient (Wildman–Crippen LogP) is 3.39. The number of primary amides is 1. The quantitative estimate of drug-likeness (QED) is 0.696. The van der Waals surface area contributed by atoms with Crippen LogP contribution in [0.25, 0.3) is 0 Å². The molecule has 88 valence electrons. The summed E-state index contributed by atoms with van der Waals surface area (Å²) in [5.74, 6) is 0.783. The van der Waals surface area contributed by atoms with Gasteiger partial charge in [-0.3, -0.25) is 4.79 Å². The van der Waals surface area contributed by atoms with Crippen LogP contribution in [0.1, 0.15) is 70.6 Å². The van der Waals surface area contributed by atoms with Crippen molar-refractivity contribution in [3.63, 3.8) is 0 Å². The highest BCUT2D eigenvalue weighted by Crippen LogP contribution is 2.26. The Balaban J connectivity index is 2.04. The van der Waals surface area contributed by atoms with Crippen molar-refractivity contribution < 1.29 is 4.79 Å². The highest BCUT2D eigenvalue weighted by Gasteiger charge is 2.10. The Morgan fingerprint density at radius 3 is 2.20 bits per heavy atom. The van der Waals surface area contributed by atoms with Gasteiger partial charge >= 0.3 is 0 Å². The van der Waals surface area contributed by atoms with E-state index in [1.165, 1.54) is 57.8 Å². The third-order valence-electron chi connectivity index (χ3n) is 3.51. The molecule has 0 atom stereocenters. The molecule has 2 heteroatoms. The SMILES string of the molecule is NC(=O)CCCCC1CCCCCCC1. The van der Waals surface area contributed by atoms with E-state index in [4.69, 9.17) is 5.73 Å². The molecule has 1 fully saturated rings. The number of nitrogens with two attached hydrogens (primary N) is 1. The molecule has 0 aromatic rings. The summed E-state index contributed by atoms with van der Waals surface area (Å²) < 4.78 is 0. The van der Waals surface area contributed by atoms with Gasteiger partial charge in [0.25, 0.3) is 0 Å². The Morgan fingerprint density at radius 2 is 1.60 bits per heavy atom. The lowest BCUT2D eigenvalue weighted by Gasteiger charge is -2.19. The molecule has 0 heterocycles. The Kier molecular flexibility index (Phi) is 6.45. The van der Waals surface area contributed by atoms with Crippen molar-refractivity contribution in [2.75, 3.05) is 0 Å². The van der Waals surface area contributed by atoms with E-state index in [9.17, 15) is 4.79 Å². The maximum atomic E-state index is 10.6. The number of hydrogen-bond acceptors (Lipinski definition) is 1. The van der Waals surface area contributed by atoms with Gasteiger partial charge in [0.05, 0.1) is 0 Å². The molecule has 1 aliphatic rings. The van der Waals surface area contributed by atoms with Crippen LogP contribution in [0, 0.1) is 5.92 Å². The van der Waals surface area contributed by atoms with E-state index in [1.807, 2.05) is 0 Å². The average molecular weight is 211 g/mol. The number of rotatable bonds is 5. The third kappa shape index (κ3) is 6.53. The molecule has 1 amide bonds. The van der Waals surface area contributed by atoms with Gasteiger partial charge in [-0.15, -0.1) is 0 Å². The lowest BCUT2D eigenvalue weighted by Crippen LogP contribution is -2.10. The van der Waals surface area contributed by atoms with Gasteiger partial charge in [-0.25, -0.2) is 0 Å². The minimum absolute atomic E-state index is 0.146. The molecule has 0 aromatic carbocycles. The van der Waals surface area contributed by atoms with Gasteiger partial charge in [-0.05, 0) is 12.3 Å². The van der Waals surface area contributed by atoms with Crippen molar-refractivity contribution in [2.45, 2.75) is 70.6 Å². The average Bonchev–Trinajstić information content (AvgIpc) is 2.14. The molecule has 0 aromatic heterocycles. The van der Waals surface area contributed by atoms with Crippen molar-refractivity contribution in [2.24, 2.45) is 11.7 Å². The van der Waals surface area contributed by atoms with Gasteiger partial charge in [-0.1, -0.05) is 57.8 Å². The van der Waals surface area contributed by atoms with Crippen LogP contribution in [0.3, 0.4) is 0 Å². The van der Waals surface area contributed by atoms with Crippen molar-refractivity contribution >= 4 is 5.91 Å². The summed E-state index contributed by atoms with van der Waals surface area (Å²) in [5, 5.41) is 0. The standard InChI is InChI=1S/C13H25NO/c14-13(15)11-7-6-10-12-8-4-2-1-3-5-9-12/h12H,1-11H2,(H2,14,15). The lowest BCUT2D eigenvalue weighted by atomic mass is 9.87. The van der Waals surface area contributed by atoms with E-state index in [1.54, 1.807) is 0 Å². The first kappa shape index (κ1) is 12.5. The van der Waals surface area contributed by atoms with Crippen molar-refractivity contribution in [1.82, 2.24) is 0 Å². The molecule has 15 heavy (non-hydrogen) atoms. The van der Waals surface area contributed by atoms with E-state index in [-0.39, 0.29) is 5.91 Å². The fraction of sp³-hybridized carbons (Fsp3) is 0.923. The zero-order valence-corrected chi connectivity index (χ0v) is 9.84. The summed E-state index contributed by atoms with van der Waals surface area (Å²) in [5.41, 5.74) is 5.12. The number of hydrogen-bond donors (Lipinski definition) is 1. The Hall–Kier alpha value is -0.530. The minimum Gasteiger partial charge on any atom is -0.370 e. The molecule has 0 spiro atoms. The molecule has 0 aliphatic heterocycles. The largest absolute Gasteiger partial charge is 0.370 e. The van der Waals surface area contributed by atoms with Gasteiger partial charge in [0.1, 0.15) is 0 Å². The van der Waals surface area contributed by atoms with Crippen LogP contribution >= 0.6 is 0 Å². The van der Waals surface area contributed by atoms with Crippen LogP contribution in [0.4, 0.5) is 0 Å². The maximum absolute atomic E-state index is 10.6. The summed E-state index contributed by atoms with van der Waals surface area (Å²) in [7, 11) is 0. The molecule has 0 radical (unpaired) electrons. The minimum atomic E-state index is -0.146. The summed E-state index contributed by atoms with van der Waals surface area (Å²) in [4.78, 5) is 10.6. The number of carbonyl (C=O) groups is 1. The third-order valence-corrected chi connectivity index (χ3v) is 3.51. The maximum Gasteiger partial charge on any atom is 0.217 e. The Labute approximate surface area is 93.6 Å². The summed E-state index contributed by atoms with van der Waals surface area (Å²) in [6.07, 6.45) is 14.0. The Morgan fingerprint density at radius 1 is 1.00 bits per heavy atom. The zero-order valence-electron chi connectivity index (χ0n) is 9.84. The fourth-order valence-corrected chi connectivity index (χ4v) is 2.56. The topological polar surface area (TPSA) is 43.1 Å². The Bertz CT molecular complexity index is 171. The molecule has 0 unspecified atom stereocenters. The number of amides is 1. The van der Waals surface area contributed by atoms with Crippen molar-refractivity contribution in [3.8, 4) is 0 Å². The zero-order chi connectivity index (χ0) is 10.9. The van der Waals surface area contributed by atoms with E-state index in [2.05, 4.69) is 0 Å². The molecule has 1 saturated carbocycles. The summed E-state index contributed by atoms with van der Waals surface area (Å²) >= 11 is 0. The highest BCUT2D eigenvalue weighted by molar-refractivity contribution is 5.73. The van der Waals surface area contributed by atoms with Crippen LogP contribution in [0.5, 0.6) is 0 Å². The molecule has 1 aliphatic carbocycles. The van der Waals surface area contributed by atoms with Crippen LogP contribution in [-0.2, 0) is 4.79 Å². The van der Waals surface area contributed by atoms with E-state index in [0.29, 0.717) is 6.42 Å². The van der Waals surface area contributed by atoms with Gasteiger partial charge in [0, 0.05) is 6.42 Å². The molecular formula is C13H25NO. The molecule has 2 nitrogen and oxygen atoms in total. The first-order chi connectivity index (χ1) is 7.29. The predicted molar refractivity (Wildman–Crippen MR) is 63.5 cm³/mol. The van der Waals surface area contributed by atoms with Gasteiger partial charge < -0.3 is 5.73 Å². The van der Waals surface area contributed by atoms with Gasteiger partial charge in [-0.2, -0.15) is 0 Å². The first-order valence-corrected chi connectivity index (χ1v) is 6.57. The van der Waals surface area contributed by atoms with E-state index >= 15 is 0 Å². The van der Waals surface area contributed by atoms with E-state index in [0.717, 1.165) is 12.3 Å². The first-order valence-electron chi connectivity index (χ1n) is 6.57. The number of unbranched alkanes of at least 4 members (excludes halogenated alkanes) is 1. The van der Waals surface area contributed by atoms with Crippen LogP contribution in [0.15, 0.2) is 0 Å². The fourth-order valence-electron chi connectivity index (χ4n) is 2.56. The number of carbonyl (C=O) groups excluding carboxylic acids is 1. The van der Waals surface area contributed by atoms with Gasteiger partial charge in [0.15, 0.2) is 0 Å². The molecule has 0 bridgehead atoms. The van der Waals surface area contributed by atoms with Crippen LogP contribution in [-0.4, -0.2) is 5.91 Å².